The summed E-state index contributed by atoms with van der Waals surface area (Å²) in [4.78, 5) is 2.33. The van der Waals surface area contributed by atoms with Crippen LogP contribution in [0, 0.1) is 0 Å². The van der Waals surface area contributed by atoms with Crippen LogP contribution in [0.15, 0.2) is 18.2 Å². The second-order valence-electron chi connectivity index (χ2n) is 4.89. The van der Waals surface area contributed by atoms with Gasteiger partial charge in [-0.25, -0.2) is 0 Å². The Morgan fingerprint density at radius 1 is 1.20 bits per heavy atom. The summed E-state index contributed by atoms with van der Waals surface area (Å²) in [7, 11) is 3.24. The number of nitrogens with one attached hydrogen (secondary N) is 1. The molecule has 20 heavy (non-hydrogen) atoms. The molecule has 0 bridgehead atoms. The van der Waals surface area contributed by atoms with Gasteiger partial charge in [-0.05, 0) is 24.1 Å². The summed E-state index contributed by atoms with van der Waals surface area (Å²) in [5.74, 6) is 1.40. The Morgan fingerprint density at radius 2 is 1.90 bits per heavy atom. The van der Waals surface area contributed by atoms with Crippen molar-refractivity contribution in [3.05, 3.63) is 23.8 Å². The minimum atomic E-state index is -0.317. The van der Waals surface area contributed by atoms with Crippen LogP contribution in [0.25, 0.3) is 0 Å². The third-order valence-corrected chi connectivity index (χ3v) is 3.77. The summed E-state index contributed by atoms with van der Waals surface area (Å²) >= 11 is 0. The van der Waals surface area contributed by atoms with Gasteiger partial charge in [0, 0.05) is 32.2 Å². The number of alkyl halides is 1. The molecule has 1 N–H and O–H groups in total. The lowest BCUT2D eigenvalue weighted by Gasteiger charge is -2.35. The van der Waals surface area contributed by atoms with Gasteiger partial charge in [-0.1, -0.05) is 6.07 Å². The molecule has 0 aromatic heterocycles. The summed E-state index contributed by atoms with van der Waals surface area (Å²) in [6, 6.07) is 5.95. The largest absolute Gasteiger partial charge is 0.493 e. The van der Waals surface area contributed by atoms with E-state index in [2.05, 4.69) is 10.2 Å². The van der Waals surface area contributed by atoms with Crippen LogP contribution in [0.3, 0.4) is 0 Å². The Labute approximate surface area is 119 Å². The van der Waals surface area contributed by atoms with Gasteiger partial charge in [-0.15, -0.1) is 0 Å². The number of methoxy groups -OCH3 is 2. The third-order valence-electron chi connectivity index (χ3n) is 3.77. The van der Waals surface area contributed by atoms with Gasteiger partial charge in [-0.2, -0.15) is 0 Å². The van der Waals surface area contributed by atoms with E-state index >= 15 is 0 Å². The number of rotatable bonds is 6. The number of nitrogens with zero attached hydrogens (tertiary/aromatic N) is 1. The van der Waals surface area contributed by atoms with E-state index in [1.165, 1.54) is 0 Å². The van der Waals surface area contributed by atoms with Gasteiger partial charge in [0.2, 0.25) is 0 Å². The number of hydrogen-bond acceptors (Lipinski definition) is 4. The average molecular weight is 282 g/mol. The summed E-state index contributed by atoms with van der Waals surface area (Å²) in [6.07, 6.45) is 0.509. The van der Waals surface area contributed by atoms with Crippen LogP contribution in [0.4, 0.5) is 4.39 Å². The molecular formula is C15H23FN2O2. The van der Waals surface area contributed by atoms with E-state index in [0.29, 0.717) is 17.9 Å². The van der Waals surface area contributed by atoms with Gasteiger partial charge >= 0.3 is 0 Å². The van der Waals surface area contributed by atoms with Crippen molar-refractivity contribution >= 4 is 0 Å². The molecule has 0 unspecified atom stereocenters. The molecule has 4 nitrogen and oxygen atoms in total. The maximum atomic E-state index is 12.9. The Hall–Kier alpha value is -1.33. The van der Waals surface area contributed by atoms with Gasteiger partial charge in [0.25, 0.3) is 0 Å². The van der Waals surface area contributed by atoms with Gasteiger partial charge in [-0.3, -0.25) is 9.29 Å². The Kier molecular flexibility index (Phi) is 5.61. The molecule has 1 aliphatic heterocycles. The average Bonchev–Trinajstić information content (AvgIpc) is 2.52. The number of piperazine rings is 1. The Balaban J connectivity index is 2.23. The molecule has 1 heterocycles. The summed E-state index contributed by atoms with van der Waals surface area (Å²) in [5, 5.41) is 3.32. The Bertz CT molecular complexity index is 422. The first-order valence-corrected chi connectivity index (χ1v) is 7.02. The van der Waals surface area contributed by atoms with Gasteiger partial charge in [0.1, 0.15) is 0 Å². The standard InChI is InChI=1S/C15H23FN2O2/c1-19-14-4-3-12(11-15(14)20-2)13(5-6-16)18-9-7-17-8-10-18/h3-4,11,13,17H,5-10H2,1-2H3/t13-/m1/s1. The highest BCUT2D eigenvalue weighted by Crippen LogP contribution is 2.33. The molecule has 1 aliphatic rings. The van der Waals surface area contributed by atoms with Crippen molar-refractivity contribution in [2.24, 2.45) is 0 Å². The van der Waals surface area contributed by atoms with Crippen molar-refractivity contribution < 1.29 is 13.9 Å². The lowest BCUT2D eigenvalue weighted by atomic mass is 10.0. The Morgan fingerprint density at radius 3 is 2.50 bits per heavy atom. The zero-order valence-corrected chi connectivity index (χ0v) is 12.2. The van der Waals surface area contributed by atoms with E-state index in [0.717, 1.165) is 31.7 Å². The van der Waals surface area contributed by atoms with E-state index in [4.69, 9.17) is 9.47 Å². The fraction of sp³-hybridized carbons (Fsp3) is 0.600. The lowest BCUT2D eigenvalue weighted by molar-refractivity contribution is 0.157. The SMILES string of the molecule is COc1ccc([C@@H](CCF)N2CCNCC2)cc1OC. The van der Waals surface area contributed by atoms with E-state index in [9.17, 15) is 4.39 Å². The molecule has 112 valence electrons. The van der Waals surface area contributed by atoms with E-state index < -0.39 is 0 Å². The van der Waals surface area contributed by atoms with Crippen LogP contribution in [0.2, 0.25) is 0 Å². The van der Waals surface area contributed by atoms with Crippen LogP contribution in [0.1, 0.15) is 18.0 Å². The highest BCUT2D eigenvalue weighted by Gasteiger charge is 2.23. The van der Waals surface area contributed by atoms with Gasteiger partial charge < -0.3 is 14.8 Å². The van der Waals surface area contributed by atoms with E-state index in [1.807, 2.05) is 18.2 Å². The molecule has 2 rings (SSSR count). The molecule has 5 heteroatoms. The molecule has 0 radical (unpaired) electrons. The van der Waals surface area contributed by atoms with Crippen molar-refractivity contribution in [2.75, 3.05) is 47.1 Å². The zero-order valence-electron chi connectivity index (χ0n) is 12.2. The molecule has 1 fully saturated rings. The van der Waals surface area contributed by atoms with Crippen LogP contribution in [0.5, 0.6) is 11.5 Å². The number of hydrogen-bond donors (Lipinski definition) is 1. The number of halogens is 1. The minimum absolute atomic E-state index is 0.0990. The molecule has 1 atom stereocenters. The second-order valence-corrected chi connectivity index (χ2v) is 4.89. The molecule has 1 saturated heterocycles. The predicted molar refractivity (Wildman–Crippen MR) is 77.3 cm³/mol. The van der Waals surface area contributed by atoms with Crippen molar-refractivity contribution in [1.82, 2.24) is 10.2 Å². The zero-order chi connectivity index (χ0) is 14.4. The molecule has 1 aromatic rings. The van der Waals surface area contributed by atoms with Crippen molar-refractivity contribution in [3.63, 3.8) is 0 Å². The predicted octanol–water partition coefficient (Wildman–Crippen LogP) is 2.01. The second kappa shape index (κ2) is 7.45. The minimum Gasteiger partial charge on any atom is -0.493 e. The number of benzene rings is 1. The van der Waals surface area contributed by atoms with E-state index in [-0.39, 0.29) is 12.7 Å². The summed E-state index contributed by atoms with van der Waals surface area (Å²) < 4.78 is 23.5. The first-order chi connectivity index (χ1) is 9.80. The normalized spacial score (nSPS) is 17.8. The van der Waals surface area contributed by atoms with Crippen molar-refractivity contribution in [2.45, 2.75) is 12.5 Å². The van der Waals surface area contributed by atoms with Crippen molar-refractivity contribution in [3.8, 4) is 11.5 Å². The monoisotopic (exact) mass is 282 g/mol. The molecule has 1 aromatic carbocycles. The van der Waals surface area contributed by atoms with E-state index in [1.54, 1.807) is 14.2 Å². The van der Waals surface area contributed by atoms with Crippen molar-refractivity contribution in [1.29, 1.82) is 0 Å². The highest BCUT2D eigenvalue weighted by molar-refractivity contribution is 5.43. The van der Waals surface area contributed by atoms with Crippen LogP contribution in [-0.4, -0.2) is 52.0 Å². The maximum absolute atomic E-state index is 12.9. The lowest BCUT2D eigenvalue weighted by Crippen LogP contribution is -2.45. The fourth-order valence-corrected chi connectivity index (χ4v) is 2.72. The topological polar surface area (TPSA) is 33.7 Å². The third kappa shape index (κ3) is 3.41. The summed E-state index contributed by atoms with van der Waals surface area (Å²) in [6.45, 7) is 3.48. The smallest absolute Gasteiger partial charge is 0.161 e. The van der Waals surface area contributed by atoms with Crippen LogP contribution < -0.4 is 14.8 Å². The summed E-state index contributed by atoms with van der Waals surface area (Å²) in [5.41, 5.74) is 1.09. The van der Waals surface area contributed by atoms with Crippen LogP contribution >= 0.6 is 0 Å². The first-order valence-electron chi connectivity index (χ1n) is 7.02. The molecule has 0 amide bonds. The maximum Gasteiger partial charge on any atom is 0.161 e. The quantitative estimate of drug-likeness (QED) is 0.865. The molecule has 0 spiro atoms. The fourth-order valence-electron chi connectivity index (χ4n) is 2.72. The van der Waals surface area contributed by atoms with Crippen LogP contribution in [-0.2, 0) is 0 Å². The molecule has 0 aliphatic carbocycles. The number of ether oxygens (including phenoxy) is 2. The molecular weight excluding hydrogens is 259 g/mol. The first kappa shape index (κ1) is 15.1. The van der Waals surface area contributed by atoms with Gasteiger partial charge in [0.05, 0.1) is 20.9 Å². The van der Waals surface area contributed by atoms with Gasteiger partial charge in [0.15, 0.2) is 11.5 Å². The highest BCUT2D eigenvalue weighted by atomic mass is 19.1. The molecule has 0 saturated carbocycles.